The monoisotopic (exact) mass is 173 g/mol. The third kappa shape index (κ3) is 1.76. The van der Waals surface area contributed by atoms with Crippen molar-refractivity contribution < 1.29 is 4.42 Å². The van der Waals surface area contributed by atoms with Gasteiger partial charge >= 0.3 is 0 Å². The Labute approximate surface area is 71.3 Å². The van der Waals surface area contributed by atoms with Gasteiger partial charge in [0.15, 0.2) is 5.22 Å². The lowest BCUT2D eigenvalue weighted by atomic mass is 9.99. The maximum Gasteiger partial charge on any atom is 0.198 e. The molecule has 0 spiro atoms. The van der Waals surface area contributed by atoms with Gasteiger partial charge in [-0.15, -0.1) is 0 Å². The van der Waals surface area contributed by atoms with Crippen LogP contribution in [0.5, 0.6) is 0 Å². The van der Waals surface area contributed by atoms with Gasteiger partial charge in [-0.25, -0.2) is 0 Å². The topological polar surface area (TPSA) is 39.2 Å². The molecule has 1 aromatic heterocycles. The molecule has 0 aliphatic heterocycles. The van der Waals surface area contributed by atoms with Crippen molar-refractivity contribution in [3.8, 4) is 0 Å². The fourth-order valence-corrected chi connectivity index (χ4v) is 1.34. The summed E-state index contributed by atoms with van der Waals surface area (Å²) in [6.45, 7) is 5.63. The van der Waals surface area contributed by atoms with E-state index in [0.29, 0.717) is 5.22 Å². The highest BCUT2D eigenvalue weighted by molar-refractivity contribution is 6.29. The molecule has 0 saturated heterocycles. The van der Waals surface area contributed by atoms with Crippen LogP contribution >= 0.6 is 11.6 Å². The van der Waals surface area contributed by atoms with E-state index in [4.69, 9.17) is 21.8 Å². The first-order chi connectivity index (χ1) is 4.91. The molecule has 11 heavy (non-hydrogen) atoms. The van der Waals surface area contributed by atoms with Gasteiger partial charge in [0.2, 0.25) is 0 Å². The Morgan fingerprint density at radius 2 is 2.09 bits per heavy atom. The quantitative estimate of drug-likeness (QED) is 0.709. The molecule has 0 bridgehead atoms. The highest BCUT2D eigenvalue weighted by atomic mass is 35.5. The van der Waals surface area contributed by atoms with Gasteiger partial charge in [-0.05, 0) is 38.4 Å². The van der Waals surface area contributed by atoms with E-state index in [1.807, 2.05) is 26.8 Å². The summed E-state index contributed by atoms with van der Waals surface area (Å²) in [5.41, 5.74) is 6.26. The zero-order valence-electron chi connectivity index (χ0n) is 6.94. The summed E-state index contributed by atoms with van der Waals surface area (Å²) < 4.78 is 5.13. The van der Waals surface area contributed by atoms with Crippen molar-refractivity contribution in [3.05, 3.63) is 22.6 Å². The Hall–Kier alpha value is -0.470. The lowest BCUT2D eigenvalue weighted by molar-refractivity contribution is 0.509. The van der Waals surface area contributed by atoms with Crippen LogP contribution in [0.1, 0.15) is 25.2 Å². The van der Waals surface area contributed by atoms with E-state index < -0.39 is 5.54 Å². The van der Waals surface area contributed by atoms with Crippen LogP contribution in [0, 0.1) is 6.92 Å². The zero-order valence-corrected chi connectivity index (χ0v) is 7.70. The van der Waals surface area contributed by atoms with Crippen LogP contribution in [-0.4, -0.2) is 0 Å². The summed E-state index contributed by atoms with van der Waals surface area (Å²) in [6.07, 6.45) is 0. The maximum absolute atomic E-state index is 5.83. The predicted molar refractivity (Wildman–Crippen MR) is 45.7 cm³/mol. The highest BCUT2D eigenvalue weighted by Crippen LogP contribution is 2.28. The van der Waals surface area contributed by atoms with Crippen molar-refractivity contribution in [3.63, 3.8) is 0 Å². The van der Waals surface area contributed by atoms with E-state index in [1.165, 1.54) is 0 Å². The van der Waals surface area contributed by atoms with E-state index in [-0.39, 0.29) is 0 Å². The Morgan fingerprint density at radius 1 is 1.55 bits per heavy atom. The number of hydrogen-bond acceptors (Lipinski definition) is 2. The molecule has 0 amide bonds. The molecule has 3 heteroatoms. The average Bonchev–Trinajstić information content (AvgIpc) is 2.08. The molecule has 62 valence electrons. The average molecular weight is 174 g/mol. The van der Waals surface area contributed by atoms with Crippen LogP contribution in [0.3, 0.4) is 0 Å². The summed E-state index contributed by atoms with van der Waals surface area (Å²) in [7, 11) is 0. The SMILES string of the molecule is Cc1cc(C(C)(C)N)c(Cl)o1. The molecule has 1 rings (SSSR count). The third-order valence-electron chi connectivity index (χ3n) is 1.50. The molecule has 0 atom stereocenters. The van der Waals surface area contributed by atoms with Gasteiger partial charge in [-0.2, -0.15) is 0 Å². The van der Waals surface area contributed by atoms with E-state index in [2.05, 4.69) is 0 Å². The molecule has 1 aromatic rings. The molecule has 0 aromatic carbocycles. The fraction of sp³-hybridized carbons (Fsp3) is 0.500. The van der Waals surface area contributed by atoms with Gasteiger partial charge in [0, 0.05) is 11.1 Å². The van der Waals surface area contributed by atoms with Crippen molar-refractivity contribution in [1.29, 1.82) is 0 Å². The van der Waals surface area contributed by atoms with Gasteiger partial charge in [-0.1, -0.05) is 0 Å². The van der Waals surface area contributed by atoms with Crippen molar-refractivity contribution in [2.45, 2.75) is 26.3 Å². The Balaban J connectivity index is 3.13. The van der Waals surface area contributed by atoms with E-state index >= 15 is 0 Å². The number of rotatable bonds is 1. The van der Waals surface area contributed by atoms with Crippen molar-refractivity contribution >= 4 is 11.6 Å². The number of nitrogens with two attached hydrogens (primary N) is 1. The van der Waals surface area contributed by atoms with Gasteiger partial charge in [0.25, 0.3) is 0 Å². The Kier molecular flexibility index (Phi) is 1.99. The minimum atomic E-state index is -0.422. The molecular weight excluding hydrogens is 162 g/mol. The largest absolute Gasteiger partial charge is 0.450 e. The van der Waals surface area contributed by atoms with Crippen LogP contribution in [-0.2, 0) is 5.54 Å². The summed E-state index contributed by atoms with van der Waals surface area (Å²) in [4.78, 5) is 0. The fourth-order valence-electron chi connectivity index (χ4n) is 0.925. The van der Waals surface area contributed by atoms with Gasteiger partial charge in [0.1, 0.15) is 5.76 Å². The lowest BCUT2D eigenvalue weighted by Gasteiger charge is -2.15. The molecule has 0 aliphatic rings. The van der Waals surface area contributed by atoms with Crippen molar-refractivity contribution in [1.82, 2.24) is 0 Å². The molecule has 0 unspecified atom stereocenters. The highest BCUT2D eigenvalue weighted by Gasteiger charge is 2.20. The minimum absolute atomic E-state index is 0.398. The van der Waals surface area contributed by atoms with Crippen LogP contribution in [0.15, 0.2) is 10.5 Å². The predicted octanol–water partition coefficient (Wildman–Crippen LogP) is 2.44. The molecule has 1 heterocycles. The first-order valence-corrected chi connectivity index (χ1v) is 3.84. The second kappa shape index (κ2) is 2.54. The van der Waals surface area contributed by atoms with Crippen LogP contribution in [0.2, 0.25) is 5.22 Å². The normalized spacial score (nSPS) is 12.1. The standard InChI is InChI=1S/C8H12ClNO/c1-5-4-6(7(9)11-5)8(2,3)10/h4H,10H2,1-3H3. The second-order valence-corrected chi connectivity index (χ2v) is 3.61. The van der Waals surface area contributed by atoms with Crippen LogP contribution in [0.4, 0.5) is 0 Å². The van der Waals surface area contributed by atoms with Gasteiger partial charge in [0.05, 0.1) is 0 Å². The molecule has 2 nitrogen and oxygen atoms in total. The maximum atomic E-state index is 5.83. The zero-order chi connectivity index (χ0) is 8.65. The van der Waals surface area contributed by atoms with Crippen molar-refractivity contribution in [2.75, 3.05) is 0 Å². The second-order valence-electron chi connectivity index (χ2n) is 3.27. The molecular formula is C8H12ClNO. The van der Waals surface area contributed by atoms with Gasteiger partial charge in [-0.3, -0.25) is 0 Å². The Morgan fingerprint density at radius 3 is 2.27 bits per heavy atom. The molecule has 0 radical (unpaired) electrons. The number of hydrogen-bond donors (Lipinski definition) is 1. The summed E-state index contributed by atoms with van der Waals surface area (Å²) in [5.74, 6) is 0.795. The molecule has 0 aliphatic carbocycles. The lowest BCUT2D eigenvalue weighted by Crippen LogP contribution is -2.28. The smallest absolute Gasteiger partial charge is 0.198 e. The summed E-state index contributed by atoms with van der Waals surface area (Å²) in [6, 6.07) is 1.86. The number of aryl methyl sites for hydroxylation is 1. The molecule has 2 N–H and O–H groups in total. The first-order valence-electron chi connectivity index (χ1n) is 3.46. The van der Waals surface area contributed by atoms with E-state index in [9.17, 15) is 0 Å². The first kappa shape index (κ1) is 8.62. The van der Waals surface area contributed by atoms with Crippen LogP contribution in [0.25, 0.3) is 0 Å². The minimum Gasteiger partial charge on any atom is -0.450 e. The van der Waals surface area contributed by atoms with Crippen molar-refractivity contribution in [2.24, 2.45) is 5.73 Å². The summed E-state index contributed by atoms with van der Waals surface area (Å²) in [5, 5.41) is 0.398. The van der Waals surface area contributed by atoms with Gasteiger partial charge < -0.3 is 10.2 Å². The molecule has 0 saturated carbocycles. The Bertz CT molecular complexity index is 260. The summed E-state index contributed by atoms with van der Waals surface area (Å²) >= 11 is 5.78. The number of furan rings is 1. The van der Waals surface area contributed by atoms with E-state index in [0.717, 1.165) is 11.3 Å². The number of halogens is 1. The third-order valence-corrected chi connectivity index (χ3v) is 1.78. The van der Waals surface area contributed by atoms with E-state index in [1.54, 1.807) is 0 Å². The van der Waals surface area contributed by atoms with Crippen LogP contribution < -0.4 is 5.73 Å². The molecule has 0 fully saturated rings.